The average molecular weight is 243 g/mol. The van der Waals surface area contributed by atoms with E-state index in [9.17, 15) is 8.42 Å². The summed E-state index contributed by atoms with van der Waals surface area (Å²) >= 11 is 0. The van der Waals surface area contributed by atoms with Gasteiger partial charge in [-0.05, 0) is 12.1 Å². The maximum Gasteiger partial charge on any atom is 0.302 e. The van der Waals surface area contributed by atoms with E-state index in [-0.39, 0.29) is 5.82 Å². The van der Waals surface area contributed by atoms with Crippen molar-refractivity contribution in [3.05, 3.63) is 18.3 Å². The highest BCUT2D eigenvalue weighted by Crippen LogP contribution is 2.07. The summed E-state index contributed by atoms with van der Waals surface area (Å²) in [5, 5.41) is 10.4. The molecule has 2 heterocycles. The zero-order valence-electron chi connectivity index (χ0n) is 8.63. The van der Waals surface area contributed by atoms with E-state index in [0.29, 0.717) is 26.2 Å². The minimum Gasteiger partial charge on any atom is -0.314 e. The van der Waals surface area contributed by atoms with Crippen molar-refractivity contribution in [1.29, 1.82) is 0 Å². The second-order valence-electron chi connectivity index (χ2n) is 3.37. The van der Waals surface area contributed by atoms with Crippen molar-refractivity contribution in [3.63, 3.8) is 0 Å². The lowest BCUT2D eigenvalue weighted by Gasteiger charge is -2.26. The molecule has 0 spiro atoms. The maximum atomic E-state index is 11.9. The third-order valence-corrected chi connectivity index (χ3v) is 3.73. The monoisotopic (exact) mass is 243 g/mol. The van der Waals surface area contributed by atoms with E-state index < -0.39 is 10.2 Å². The van der Waals surface area contributed by atoms with Crippen molar-refractivity contribution in [2.45, 2.75) is 0 Å². The number of nitrogens with one attached hydrogen (secondary N) is 2. The first kappa shape index (κ1) is 11.2. The molecule has 1 aromatic rings. The second-order valence-corrected chi connectivity index (χ2v) is 5.04. The molecule has 0 amide bonds. The first-order valence-electron chi connectivity index (χ1n) is 4.95. The fourth-order valence-electron chi connectivity index (χ4n) is 1.44. The van der Waals surface area contributed by atoms with Crippen LogP contribution in [0.5, 0.6) is 0 Å². The van der Waals surface area contributed by atoms with E-state index in [4.69, 9.17) is 0 Å². The fraction of sp³-hybridized carbons (Fsp3) is 0.500. The summed E-state index contributed by atoms with van der Waals surface area (Å²) in [6.45, 7) is 2.27. The largest absolute Gasteiger partial charge is 0.314 e. The number of hydrogen-bond acceptors (Lipinski definition) is 5. The minimum atomic E-state index is -3.50. The van der Waals surface area contributed by atoms with Crippen LogP contribution in [0.3, 0.4) is 0 Å². The molecule has 1 fully saturated rings. The minimum absolute atomic E-state index is 0.237. The second kappa shape index (κ2) is 4.73. The molecular formula is C8H13N5O2S. The van der Waals surface area contributed by atoms with Crippen LogP contribution >= 0.6 is 0 Å². The first-order valence-corrected chi connectivity index (χ1v) is 6.39. The molecule has 0 atom stereocenters. The molecule has 0 bridgehead atoms. The van der Waals surface area contributed by atoms with E-state index in [0.717, 1.165) is 0 Å². The normalized spacial score (nSPS) is 18.2. The SMILES string of the molecule is O=S(=O)(Nc1cccnn1)N1CCNCC1. The molecule has 2 rings (SSSR count). The molecule has 8 heteroatoms. The summed E-state index contributed by atoms with van der Waals surface area (Å²) in [5.41, 5.74) is 0. The van der Waals surface area contributed by atoms with Crippen molar-refractivity contribution in [2.24, 2.45) is 0 Å². The summed E-state index contributed by atoms with van der Waals surface area (Å²) in [6, 6.07) is 3.19. The summed E-state index contributed by atoms with van der Waals surface area (Å²) in [7, 11) is -3.50. The first-order chi connectivity index (χ1) is 7.68. The molecule has 1 aromatic heterocycles. The van der Waals surface area contributed by atoms with E-state index in [2.05, 4.69) is 20.2 Å². The molecule has 1 saturated heterocycles. The highest BCUT2D eigenvalue weighted by atomic mass is 32.2. The smallest absolute Gasteiger partial charge is 0.302 e. The van der Waals surface area contributed by atoms with Crippen molar-refractivity contribution < 1.29 is 8.42 Å². The van der Waals surface area contributed by atoms with Gasteiger partial charge in [0.15, 0.2) is 5.82 Å². The number of hydrogen-bond donors (Lipinski definition) is 2. The highest BCUT2D eigenvalue weighted by Gasteiger charge is 2.23. The van der Waals surface area contributed by atoms with Gasteiger partial charge < -0.3 is 5.32 Å². The van der Waals surface area contributed by atoms with Gasteiger partial charge in [-0.1, -0.05) is 0 Å². The van der Waals surface area contributed by atoms with Gasteiger partial charge in [0.1, 0.15) is 0 Å². The molecule has 1 aliphatic heterocycles. The third-order valence-electron chi connectivity index (χ3n) is 2.22. The van der Waals surface area contributed by atoms with Crippen molar-refractivity contribution in [3.8, 4) is 0 Å². The Balaban J connectivity index is 2.08. The van der Waals surface area contributed by atoms with Gasteiger partial charge in [0.25, 0.3) is 0 Å². The van der Waals surface area contributed by atoms with Crippen LogP contribution < -0.4 is 10.0 Å². The highest BCUT2D eigenvalue weighted by molar-refractivity contribution is 7.90. The summed E-state index contributed by atoms with van der Waals surface area (Å²) < 4.78 is 27.5. The Labute approximate surface area is 94.0 Å². The van der Waals surface area contributed by atoms with E-state index in [1.807, 2.05) is 0 Å². The predicted octanol–water partition coefficient (Wildman–Crippen LogP) is -0.961. The molecule has 0 aromatic carbocycles. The van der Waals surface area contributed by atoms with Gasteiger partial charge in [-0.3, -0.25) is 4.72 Å². The van der Waals surface area contributed by atoms with Gasteiger partial charge in [-0.15, -0.1) is 5.10 Å². The number of anilines is 1. The average Bonchev–Trinajstić information content (AvgIpc) is 2.31. The van der Waals surface area contributed by atoms with Crippen LogP contribution in [-0.4, -0.2) is 49.1 Å². The summed E-state index contributed by atoms with van der Waals surface area (Å²) in [6.07, 6.45) is 1.49. The van der Waals surface area contributed by atoms with Crippen LogP contribution in [0.15, 0.2) is 18.3 Å². The predicted molar refractivity (Wildman–Crippen MR) is 59.0 cm³/mol. The molecule has 0 saturated carbocycles. The van der Waals surface area contributed by atoms with Gasteiger partial charge in [0.2, 0.25) is 0 Å². The van der Waals surface area contributed by atoms with Crippen molar-refractivity contribution >= 4 is 16.0 Å². The zero-order valence-corrected chi connectivity index (χ0v) is 9.44. The van der Waals surface area contributed by atoms with Crippen LogP contribution in [0.1, 0.15) is 0 Å². The Morgan fingerprint density at radius 1 is 1.38 bits per heavy atom. The Kier molecular flexibility index (Phi) is 3.32. The topological polar surface area (TPSA) is 87.2 Å². The number of aromatic nitrogens is 2. The Bertz CT molecular complexity index is 429. The number of rotatable bonds is 3. The van der Waals surface area contributed by atoms with Crippen LogP contribution in [0.2, 0.25) is 0 Å². The standard InChI is InChI=1S/C8H13N5O2S/c14-16(15,13-6-4-9-5-7-13)12-8-2-1-3-10-11-8/h1-3,9H,4-7H2,(H,11,12). The van der Waals surface area contributed by atoms with Crippen LogP contribution in [0, 0.1) is 0 Å². The Hall–Kier alpha value is -1.25. The Morgan fingerprint density at radius 3 is 2.75 bits per heavy atom. The molecule has 0 unspecified atom stereocenters. The Morgan fingerprint density at radius 2 is 2.12 bits per heavy atom. The molecule has 1 aliphatic rings. The van der Waals surface area contributed by atoms with E-state index in [1.165, 1.54) is 10.5 Å². The van der Waals surface area contributed by atoms with Crippen molar-refractivity contribution in [2.75, 3.05) is 30.9 Å². The van der Waals surface area contributed by atoms with Gasteiger partial charge >= 0.3 is 10.2 Å². The van der Waals surface area contributed by atoms with Gasteiger partial charge in [-0.2, -0.15) is 17.8 Å². The summed E-state index contributed by atoms with van der Waals surface area (Å²) in [4.78, 5) is 0. The van der Waals surface area contributed by atoms with Crippen LogP contribution in [0.25, 0.3) is 0 Å². The third kappa shape index (κ3) is 2.65. The van der Waals surface area contributed by atoms with Gasteiger partial charge in [0.05, 0.1) is 0 Å². The lowest BCUT2D eigenvalue weighted by molar-refractivity contribution is 0.362. The van der Waals surface area contributed by atoms with Crippen LogP contribution in [0.4, 0.5) is 5.82 Å². The quantitative estimate of drug-likeness (QED) is 0.714. The number of piperazine rings is 1. The van der Waals surface area contributed by atoms with Gasteiger partial charge in [-0.25, -0.2) is 0 Å². The number of nitrogens with zero attached hydrogens (tertiary/aromatic N) is 3. The van der Waals surface area contributed by atoms with Crippen LogP contribution in [-0.2, 0) is 10.2 Å². The molecule has 16 heavy (non-hydrogen) atoms. The molecular weight excluding hydrogens is 230 g/mol. The van der Waals surface area contributed by atoms with E-state index >= 15 is 0 Å². The molecule has 0 radical (unpaired) electrons. The fourth-order valence-corrected chi connectivity index (χ4v) is 2.60. The van der Waals surface area contributed by atoms with Crippen molar-refractivity contribution in [1.82, 2.24) is 19.8 Å². The lowest BCUT2D eigenvalue weighted by atomic mass is 10.4. The molecule has 2 N–H and O–H groups in total. The molecule has 7 nitrogen and oxygen atoms in total. The molecule has 88 valence electrons. The van der Waals surface area contributed by atoms with E-state index in [1.54, 1.807) is 12.1 Å². The maximum absolute atomic E-state index is 11.9. The van der Waals surface area contributed by atoms with Gasteiger partial charge in [0, 0.05) is 32.4 Å². The summed E-state index contributed by atoms with van der Waals surface area (Å²) in [5.74, 6) is 0.237. The molecule has 0 aliphatic carbocycles. The zero-order chi connectivity index (χ0) is 11.4. The lowest BCUT2D eigenvalue weighted by Crippen LogP contribution is -2.48.